The van der Waals surface area contributed by atoms with Gasteiger partial charge in [0.1, 0.15) is 0 Å². The second kappa shape index (κ2) is 6.37. The van der Waals surface area contributed by atoms with Crippen molar-refractivity contribution < 1.29 is 27.9 Å². The predicted octanol–water partition coefficient (Wildman–Crippen LogP) is 3.69. The van der Waals surface area contributed by atoms with Gasteiger partial charge in [0.2, 0.25) is 5.91 Å². The Kier molecular flexibility index (Phi) is 4.73. The second-order valence-corrected chi connectivity index (χ2v) is 5.41. The van der Waals surface area contributed by atoms with Crippen LogP contribution in [0.2, 0.25) is 0 Å². The van der Waals surface area contributed by atoms with Crippen molar-refractivity contribution in [2.75, 3.05) is 5.32 Å². The second-order valence-electron chi connectivity index (χ2n) is 5.41. The summed E-state index contributed by atoms with van der Waals surface area (Å²) in [7, 11) is 0. The Balaban J connectivity index is 2.08. The fourth-order valence-electron chi connectivity index (χ4n) is 2.77. The van der Waals surface area contributed by atoms with Crippen LogP contribution in [-0.2, 0) is 4.79 Å². The topological polar surface area (TPSA) is 66.4 Å². The van der Waals surface area contributed by atoms with Crippen molar-refractivity contribution in [3.8, 4) is 0 Å². The van der Waals surface area contributed by atoms with Gasteiger partial charge in [-0.15, -0.1) is 0 Å². The average Bonchev–Trinajstić information content (AvgIpc) is 2.47. The van der Waals surface area contributed by atoms with Gasteiger partial charge in [0, 0.05) is 11.6 Å². The first-order valence-electron chi connectivity index (χ1n) is 7.00. The fourth-order valence-corrected chi connectivity index (χ4v) is 2.77. The summed E-state index contributed by atoms with van der Waals surface area (Å²) in [5, 5.41) is 11.2. The third-order valence-electron chi connectivity index (χ3n) is 3.92. The van der Waals surface area contributed by atoms with Crippen molar-refractivity contribution in [3.05, 3.63) is 29.8 Å². The fraction of sp³-hybridized carbons (Fsp3) is 0.467. The largest absolute Gasteiger partial charge is 0.478 e. The van der Waals surface area contributed by atoms with E-state index in [9.17, 15) is 22.8 Å². The highest BCUT2D eigenvalue weighted by molar-refractivity contribution is 5.94. The molecule has 120 valence electrons. The number of aromatic carboxylic acids is 1. The minimum atomic E-state index is -4.38. The Labute approximate surface area is 125 Å². The van der Waals surface area contributed by atoms with Crippen molar-refractivity contribution in [1.29, 1.82) is 0 Å². The zero-order valence-electron chi connectivity index (χ0n) is 11.7. The van der Waals surface area contributed by atoms with Crippen LogP contribution in [0.5, 0.6) is 0 Å². The van der Waals surface area contributed by atoms with Gasteiger partial charge >= 0.3 is 12.1 Å². The third-order valence-corrected chi connectivity index (χ3v) is 3.92. The van der Waals surface area contributed by atoms with E-state index in [-0.39, 0.29) is 18.4 Å². The van der Waals surface area contributed by atoms with E-state index in [1.54, 1.807) is 0 Å². The molecule has 0 radical (unpaired) electrons. The highest BCUT2D eigenvalue weighted by atomic mass is 19.4. The van der Waals surface area contributed by atoms with Gasteiger partial charge in [0.25, 0.3) is 0 Å². The highest BCUT2D eigenvalue weighted by Crippen LogP contribution is 2.41. The van der Waals surface area contributed by atoms with Crippen LogP contribution >= 0.6 is 0 Å². The normalized spacial score (nSPS) is 22.1. The van der Waals surface area contributed by atoms with Crippen LogP contribution in [0.4, 0.5) is 18.9 Å². The molecule has 1 amide bonds. The molecule has 1 aromatic rings. The average molecular weight is 315 g/mol. The maximum absolute atomic E-state index is 13.0. The van der Waals surface area contributed by atoms with Crippen molar-refractivity contribution >= 4 is 17.6 Å². The van der Waals surface area contributed by atoms with E-state index in [0.29, 0.717) is 18.5 Å². The molecule has 2 atom stereocenters. The first-order valence-corrected chi connectivity index (χ1v) is 7.00. The number of carboxylic acids is 1. The summed E-state index contributed by atoms with van der Waals surface area (Å²) in [4.78, 5) is 22.8. The molecular weight excluding hydrogens is 299 g/mol. The van der Waals surface area contributed by atoms with Crippen LogP contribution in [0.3, 0.4) is 0 Å². The lowest BCUT2D eigenvalue weighted by molar-refractivity contribution is -0.197. The molecular formula is C15H16F3NO3. The molecule has 0 spiro atoms. The number of carbonyl (C=O) groups excluding carboxylic acids is 1. The van der Waals surface area contributed by atoms with Crippen LogP contribution in [0.25, 0.3) is 0 Å². The Morgan fingerprint density at radius 1 is 1.09 bits per heavy atom. The van der Waals surface area contributed by atoms with Gasteiger partial charge in [0.15, 0.2) is 0 Å². The molecule has 7 heteroatoms. The van der Waals surface area contributed by atoms with Crippen LogP contribution < -0.4 is 5.32 Å². The Morgan fingerprint density at radius 3 is 2.23 bits per heavy atom. The number of anilines is 1. The maximum atomic E-state index is 13.0. The molecule has 1 aromatic carbocycles. The van der Waals surface area contributed by atoms with Gasteiger partial charge < -0.3 is 10.4 Å². The zero-order valence-corrected chi connectivity index (χ0v) is 11.7. The number of rotatable bonds is 3. The summed E-state index contributed by atoms with van der Waals surface area (Å²) in [6.45, 7) is 0. The first kappa shape index (κ1) is 16.3. The first-order chi connectivity index (χ1) is 10.3. The van der Waals surface area contributed by atoms with E-state index in [2.05, 4.69) is 5.32 Å². The maximum Gasteiger partial charge on any atom is 0.392 e. The molecule has 2 unspecified atom stereocenters. The minimum Gasteiger partial charge on any atom is -0.478 e. The molecule has 0 heterocycles. The van der Waals surface area contributed by atoms with Crippen LogP contribution in [0, 0.1) is 11.8 Å². The quantitative estimate of drug-likeness (QED) is 0.894. The number of nitrogens with one attached hydrogen (secondary N) is 1. The van der Waals surface area contributed by atoms with E-state index >= 15 is 0 Å². The van der Waals surface area contributed by atoms with Gasteiger partial charge in [-0.25, -0.2) is 4.79 Å². The molecule has 1 saturated carbocycles. The molecule has 0 saturated heterocycles. The monoisotopic (exact) mass is 315 g/mol. The highest BCUT2D eigenvalue weighted by Gasteiger charge is 2.48. The van der Waals surface area contributed by atoms with E-state index in [0.717, 1.165) is 0 Å². The standard InChI is InChI=1S/C15H16F3NO3/c16-15(17,18)12-4-2-1-3-11(12)13(20)19-10-7-5-9(6-8-10)14(21)22/h5-8,11-12H,1-4H2,(H,19,20)(H,21,22). The number of alkyl halides is 3. The molecule has 0 aromatic heterocycles. The van der Waals surface area contributed by atoms with Crippen molar-refractivity contribution in [3.63, 3.8) is 0 Å². The number of carbonyl (C=O) groups is 2. The number of hydrogen-bond acceptors (Lipinski definition) is 2. The van der Waals surface area contributed by atoms with Crippen LogP contribution in [-0.4, -0.2) is 23.2 Å². The number of halogens is 3. The molecule has 22 heavy (non-hydrogen) atoms. The SMILES string of the molecule is O=C(O)c1ccc(NC(=O)C2CCCCC2C(F)(F)F)cc1. The third kappa shape index (κ3) is 3.78. The molecule has 0 bridgehead atoms. The minimum absolute atomic E-state index is 0.0282. The van der Waals surface area contributed by atoms with Crippen molar-refractivity contribution in [2.24, 2.45) is 11.8 Å². The molecule has 1 aliphatic carbocycles. The lowest BCUT2D eigenvalue weighted by Gasteiger charge is -2.31. The molecule has 2 N–H and O–H groups in total. The van der Waals surface area contributed by atoms with Gasteiger partial charge in [-0.3, -0.25) is 4.79 Å². The Bertz CT molecular complexity index is 554. The Hall–Kier alpha value is -2.05. The van der Waals surface area contributed by atoms with Gasteiger partial charge in [0.05, 0.1) is 11.5 Å². The lowest BCUT2D eigenvalue weighted by atomic mass is 9.78. The van der Waals surface area contributed by atoms with Crippen molar-refractivity contribution in [2.45, 2.75) is 31.9 Å². The van der Waals surface area contributed by atoms with E-state index < -0.39 is 29.9 Å². The molecule has 4 nitrogen and oxygen atoms in total. The van der Waals surface area contributed by atoms with Crippen LogP contribution in [0.15, 0.2) is 24.3 Å². The molecule has 2 rings (SSSR count). The lowest BCUT2D eigenvalue weighted by Crippen LogP contribution is -2.39. The summed E-state index contributed by atoms with van der Waals surface area (Å²) in [6, 6.07) is 5.32. The molecule has 1 aliphatic rings. The molecule has 0 aliphatic heterocycles. The number of carboxylic acid groups (broad SMARTS) is 1. The summed E-state index contributed by atoms with van der Waals surface area (Å²) < 4.78 is 39.0. The predicted molar refractivity (Wildman–Crippen MR) is 73.5 cm³/mol. The zero-order chi connectivity index (χ0) is 16.3. The Morgan fingerprint density at radius 2 is 1.68 bits per heavy atom. The van der Waals surface area contributed by atoms with Crippen LogP contribution in [0.1, 0.15) is 36.0 Å². The number of hydrogen-bond donors (Lipinski definition) is 2. The summed E-state index contributed by atoms with van der Waals surface area (Å²) in [5.74, 6) is -4.47. The van der Waals surface area contributed by atoms with E-state index in [1.165, 1.54) is 24.3 Å². The van der Waals surface area contributed by atoms with Gasteiger partial charge in [-0.2, -0.15) is 13.2 Å². The van der Waals surface area contributed by atoms with Gasteiger partial charge in [-0.05, 0) is 37.1 Å². The number of amides is 1. The summed E-state index contributed by atoms with van der Waals surface area (Å²) in [6.07, 6.45) is -3.12. The van der Waals surface area contributed by atoms with Gasteiger partial charge in [-0.1, -0.05) is 12.8 Å². The van der Waals surface area contributed by atoms with Crippen molar-refractivity contribution in [1.82, 2.24) is 0 Å². The molecule has 1 fully saturated rings. The summed E-state index contributed by atoms with van der Waals surface area (Å²) in [5.41, 5.74) is 0.338. The number of benzene rings is 1. The van der Waals surface area contributed by atoms with E-state index in [1.807, 2.05) is 0 Å². The summed E-state index contributed by atoms with van der Waals surface area (Å²) >= 11 is 0. The smallest absolute Gasteiger partial charge is 0.392 e. The van der Waals surface area contributed by atoms with E-state index in [4.69, 9.17) is 5.11 Å².